The van der Waals surface area contributed by atoms with E-state index in [-0.39, 0.29) is 6.61 Å². The SMILES string of the molecule is OCc1cc(-n2cc(Br)cn2)c2ccccc2n1. The number of hydrogen-bond donors (Lipinski definition) is 1. The fourth-order valence-corrected chi connectivity index (χ4v) is 2.20. The molecular formula is C13H10BrN3O. The van der Waals surface area contributed by atoms with Gasteiger partial charge in [0.1, 0.15) is 0 Å². The van der Waals surface area contributed by atoms with Gasteiger partial charge in [0.25, 0.3) is 0 Å². The van der Waals surface area contributed by atoms with Crippen molar-refractivity contribution in [2.45, 2.75) is 6.61 Å². The van der Waals surface area contributed by atoms with E-state index in [1.807, 2.05) is 36.5 Å². The van der Waals surface area contributed by atoms with Crippen molar-refractivity contribution >= 4 is 26.8 Å². The van der Waals surface area contributed by atoms with Crippen LogP contribution < -0.4 is 0 Å². The maximum absolute atomic E-state index is 9.27. The Bertz CT molecular complexity index is 708. The van der Waals surface area contributed by atoms with Crippen LogP contribution >= 0.6 is 15.9 Å². The summed E-state index contributed by atoms with van der Waals surface area (Å²) in [6, 6.07) is 9.66. The average molecular weight is 304 g/mol. The van der Waals surface area contributed by atoms with E-state index >= 15 is 0 Å². The van der Waals surface area contributed by atoms with Gasteiger partial charge in [0.05, 0.1) is 34.2 Å². The summed E-state index contributed by atoms with van der Waals surface area (Å²) in [5, 5.41) is 14.5. The lowest BCUT2D eigenvalue weighted by molar-refractivity contribution is 0.277. The van der Waals surface area contributed by atoms with Crippen molar-refractivity contribution in [1.29, 1.82) is 0 Å². The second kappa shape index (κ2) is 4.51. The van der Waals surface area contributed by atoms with E-state index in [1.165, 1.54) is 0 Å². The molecule has 4 nitrogen and oxygen atoms in total. The van der Waals surface area contributed by atoms with Crippen molar-refractivity contribution in [1.82, 2.24) is 14.8 Å². The molecule has 0 amide bonds. The van der Waals surface area contributed by atoms with Crippen LogP contribution in [-0.2, 0) is 6.61 Å². The standard InChI is InChI=1S/C13H10BrN3O/c14-9-6-15-17(7-9)13-5-10(8-18)16-12-4-2-1-3-11(12)13/h1-7,18H,8H2. The van der Waals surface area contributed by atoms with E-state index in [2.05, 4.69) is 26.0 Å². The van der Waals surface area contributed by atoms with Gasteiger partial charge in [0, 0.05) is 11.6 Å². The Balaban J connectivity index is 2.32. The molecule has 2 aromatic heterocycles. The number of fused-ring (bicyclic) bond motifs is 1. The quantitative estimate of drug-likeness (QED) is 0.792. The Morgan fingerprint density at radius 2 is 2.11 bits per heavy atom. The Morgan fingerprint density at radius 1 is 1.28 bits per heavy atom. The van der Waals surface area contributed by atoms with Gasteiger partial charge in [-0.2, -0.15) is 5.10 Å². The number of aliphatic hydroxyl groups excluding tert-OH is 1. The molecule has 2 heterocycles. The van der Waals surface area contributed by atoms with Crippen molar-refractivity contribution in [3.63, 3.8) is 0 Å². The van der Waals surface area contributed by atoms with Crippen molar-refractivity contribution in [2.75, 3.05) is 0 Å². The molecule has 0 unspecified atom stereocenters. The van der Waals surface area contributed by atoms with Crippen molar-refractivity contribution in [3.05, 3.63) is 52.9 Å². The molecule has 90 valence electrons. The molecule has 3 aromatic rings. The molecule has 0 aliphatic heterocycles. The van der Waals surface area contributed by atoms with Crippen LogP contribution in [0.2, 0.25) is 0 Å². The van der Waals surface area contributed by atoms with Gasteiger partial charge < -0.3 is 5.11 Å². The zero-order chi connectivity index (χ0) is 12.5. The third-order valence-electron chi connectivity index (χ3n) is 2.71. The molecule has 0 saturated heterocycles. The van der Waals surface area contributed by atoms with Gasteiger partial charge >= 0.3 is 0 Å². The van der Waals surface area contributed by atoms with E-state index in [0.717, 1.165) is 21.1 Å². The number of rotatable bonds is 2. The number of nitrogens with zero attached hydrogens (tertiary/aromatic N) is 3. The zero-order valence-electron chi connectivity index (χ0n) is 9.42. The highest BCUT2D eigenvalue weighted by atomic mass is 79.9. The van der Waals surface area contributed by atoms with Crippen LogP contribution in [0.25, 0.3) is 16.6 Å². The van der Waals surface area contributed by atoms with Crippen molar-refractivity contribution < 1.29 is 5.11 Å². The van der Waals surface area contributed by atoms with Crippen LogP contribution in [0.3, 0.4) is 0 Å². The summed E-state index contributed by atoms with van der Waals surface area (Å²) in [6.45, 7) is -0.0831. The molecule has 0 saturated carbocycles. The Morgan fingerprint density at radius 3 is 2.83 bits per heavy atom. The van der Waals surface area contributed by atoms with Gasteiger partial charge in [-0.25, -0.2) is 4.68 Å². The fourth-order valence-electron chi connectivity index (χ4n) is 1.91. The Hall–Kier alpha value is -1.72. The maximum Gasteiger partial charge on any atom is 0.0854 e. The van der Waals surface area contributed by atoms with Crippen LogP contribution in [0.5, 0.6) is 0 Å². The predicted octanol–water partition coefficient (Wildman–Crippen LogP) is 2.68. The first-order valence-electron chi connectivity index (χ1n) is 5.48. The maximum atomic E-state index is 9.27. The number of aliphatic hydroxyl groups is 1. The summed E-state index contributed by atoms with van der Waals surface area (Å²) in [4.78, 5) is 4.38. The summed E-state index contributed by atoms with van der Waals surface area (Å²) in [5.74, 6) is 0. The van der Waals surface area contributed by atoms with Crippen molar-refractivity contribution in [2.24, 2.45) is 0 Å². The summed E-state index contributed by atoms with van der Waals surface area (Å²) < 4.78 is 2.68. The number of benzene rings is 1. The van der Waals surface area contributed by atoms with E-state index in [0.29, 0.717) is 5.69 Å². The number of para-hydroxylation sites is 1. The van der Waals surface area contributed by atoms with Gasteiger partial charge in [-0.3, -0.25) is 4.98 Å². The molecule has 0 atom stereocenters. The number of aromatic nitrogens is 3. The first-order valence-corrected chi connectivity index (χ1v) is 6.27. The third-order valence-corrected chi connectivity index (χ3v) is 3.12. The van der Waals surface area contributed by atoms with E-state index in [4.69, 9.17) is 0 Å². The van der Waals surface area contributed by atoms with Gasteiger partial charge in [-0.15, -0.1) is 0 Å². The lowest BCUT2D eigenvalue weighted by Gasteiger charge is -2.08. The minimum absolute atomic E-state index is 0.0831. The third kappa shape index (κ3) is 1.91. The summed E-state index contributed by atoms with van der Waals surface area (Å²) >= 11 is 3.38. The molecule has 0 aliphatic rings. The van der Waals surface area contributed by atoms with Crippen LogP contribution in [0.1, 0.15) is 5.69 Å². The van der Waals surface area contributed by atoms with Crippen LogP contribution in [0.15, 0.2) is 47.2 Å². The van der Waals surface area contributed by atoms with Crippen LogP contribution in [0, 0.1) is 0 Å². The van der Waals surface area contributed by atoms with Gasteiger partial charge in [-0.05, 0) is 28.1 Å². The highest BCUT2D eigenvalue weighted by Crippen LogP contribution is 2.22. The molecule has 1 N–H and O–H groups in total. The lowest BCUT2D eigenvalue weighted by Crippen LogP contribution is -2.00. The zero-order valence-corrected chi connectivity index (χ0v) is 11.0. The molecule has 3 rings (SSSR count). The second-order valence-electron chi connectivity index (χ2n) is 3.91. The smallest absolute Gasteiger partial charge is 0.0854 e. The predicted molar refractivity (Wildman–Crippen MR) is 72.5 cm³/mol. The van der Waals surface area contributed by atoms with E-state index in [9.17, 15) is 5.11 Å². The van der Waals surface area contributed by atoms with Crippen molar-refractivity contribution in [3.8, 4) is 5.69 Å². The van der Waals surface area contributed by atoms with E-state index < -0.39 is 0 Å². The molecule has 0 aliphatic carbocycles. The summed E-state index contributed by atoms with van der Waals surface area (Å²) in [6.07, 6.45) is 3.61. The highest BCUT2D eigenvalue weighted by Gasteiger charge is 2.07. The Kier molecular flexibility index (Phi) is 2.85. The van der Waals surface area contributed by atoms with Crippen LogP contribution in [-0.4, -0.2) is 19.9 Å². The molecule has 5 heteroatoms. The second-order valence-corrected chi connectivity index (χ2v) is 4.83. The first kappa shape index (κ1) is 11.4. The first-order chi connectivity index (χ1) is 8.78. The topological polar surface area (TPSA) is 50.9 Å². The highest BCUT2D eigenvalue weighted by molar-refractivity contribution is 9.10. The largest absolute Gasteiger partial charge is 0.390 e. The number of halogens is 1. The van der Waals surface area contributed by atoms with Crippen LogP contribution in [0.4, 0.5) is 0 Å². The molecular weight excluding hydrogens is 294 g/mol. The van der Waals surface area contributed by atoms with Gasteiger partial charge in [-0.1, -0.05) is 18.2 Å². The van der Waals surface area contributed by atoms with Gasteiger partial charge in [0.15, 0.2) is 0 Å². The minimum Gasteiger partial charge on any atom is -0.390 e. The van der Waals surface area contributed by atoms with Gasteiger partial charge in [0.2, 0.25) is 0 Å². The monoisotopic (exact) mass is 303 g/mol. The Labute approximate surface area is 112 Å². The van der Waals surface area contributed by atoms with E-state index in [1.54, 1.807) is 10.9 Å². The molecule has 0 fully saturated rings. The minimum atomic E-state index is -0.0831. The summed E-state index contributed by atoms with van der Waals surface area (Å²) in [7, 11) is 0. The number of hydrogen-bond acceptors (Lipinski definition) is 3. The fraction of sp³-hybridized carbons (Fsp3) is 0.0769. The molecule has 0 radical (unpaired) electrons. The number of pyridine rings is 1. The molecule has 0 bridgehead atoms. The molecule has 0 spiro atoms. The summed E-state index contributed by atoms with van der Waals surface area (Å²) in [5.41, 5.74) is 2.40. The average Bonchev–Trinajstić information content (AvgIpc) is 2.84. The molecule has 1 aromatic carbocycles. The lowest BCUT2D eigenvalue weighted by atomic mass is 10.1. The molecule has 18 heavy (non-hydrogen) atoms. The normalized spacial score (nSPS) is 11.0.